The third kappa shape index (κ3) is 3.92. The van der Waals surface area contributed by atoms with E-state index >= 15 is 0 Å². The van der Waals surface area contributed by atoms with Gasteiger partial charge in [0, 0.05) is 7.11 Å². The summed E-state index contributed by atoms with van der Waals surface area (Å²) in [6.45, 7) is -0.0520. The molecule has 0 radical (unpaired) electrons. The summed E-state index contributed by atoms with van der Waals surface area (Å²) in [5.41, 5.74) is 1.48. The summed E-state index contributed by atoms with van der Waals surface area (Å²) in [6.07, 6.45) is -1.13. The molecule has 1 atom stereocenters. The van der Waals surface area contributed by atoms with Crippen LogP contribution in [0.15, 0.2) is 91.0 Å². The van der Waals surface area contributed by atoms with Crippen molar-refractivity contribution in [3.8, 4) is 0 Å². The topological polar surface area (TPSA) is 55.8 Å². The van der Waals surface area contributed by atoms with E-state index in [1.165, 1.54) is 7.11 Å². The first-order valence-electron chi connectivity index (χ1n) is 8.74. The molecule has 0 aliphatic carbocycles. The second kappa shape index (κ2) is 8.62. The van der Waals surface area contributed by atoms with Crippen LogP contribution in [0.2, 0.25) is 0 Å². The molecule has 0 unspecified atom stereocenters. The highest BCUT2D eigenvalue weighted by atomic mass is 16.6. The van der Waals surface area contributed by atoms with Gasteiger partial charge in [-0.25, -0.2) is 4.79 Å². The number of hydrogen-bond acceptors (Lipinski definition) is 3. The van der Waals surface area contributed by atoms with Crippen molar-refractivity contribution in [2.24, 2.45) is 0 Å². The minimum atomic E-state index is -1.13. The number of methoxy groups -OCH3 is 1. The standard InChI is InChI=1S/C23H22O4/c1-26-17-21(22(24)25)27-23(18-11-5-2-6-12-18,19-13-7-3-8-14-19)20-15-9-4-10-16-20/h2-16,21H,17H2,1H3,(H,24,25)/t21-/m0/s1. The van der Waals surface area contributed by atoms with Crippen LogP contribution in [0.4, 0.5) is 0 Å². The Morgan fingerprint density at radius 3 is 1.48 bits per heavy atom. The van der Waals surface area contributed by atoms with E-state index < -0.39 is 17.7 Å². The van der Waals surface area contributed by atoms with Crippen LogP contribution in [0.5, 0.6) is 0 Å². The van der Waals surface area contributed by atoms with Crippen molar-refractivity contribution in [2.75, 3.05) is 13.7 Å². The smallest absolute Gasteiger partial charge is 0.335 e. The Bertz CT molecular complexity index is 751. The van der Waals surface area contributed by atoms with E-state index in [0.29, 0.717) is 0 Å². The van der Waals surface area contributed by atoms with Crippen LogP contribution in [-0.2, 0) is 19.9 Å². The van der Waals surface area contributed by atoms with E-state index in [2.05, 4.69) is 0 Å². The van der Waals surface area contributed by atoms with Gasteiger partial charge in [-0.3, -0.25) is 0 Å². The Kier molecular flexibility index (Phi) is 6.01. The second-order valence-electron chi connectivity index (χ2n) is 6.18. The highest BCUT2D eigenvalue weighted by molar-refractivity contribution is 5.72. The second-order valence-corrected chi connectivity index (χ2v) is 6.18. The average molecular weight is 362 g/mol. The summed E-state index contributed by atoms with van der Waals surface area (Å²) in [5.74, 6) is -1.07. The molecule has 0 aliphatic heterocycles. The summed E-state index contributed by atoms with van der Waals surface area (Å²) >= 11 is 0. The molecule has 0 saturated heterocycles. The van der Waals surface area contributed by atoms with Crippen LogP contribution in [0, 0.1) is 0 Å². The molecule has 0 fully saturated rings. The van der Waals surface area contributed by atoms with Gasteiger partial charge in [0.2, 0.25) is 0 Å². The summed E-state index contributed by atoms with van der Waals surface area (Å²) in [6, 6.07) is 29.0. The highest BCUT2D eigenvalue weighted by Crippen LogP contribution is 2.41. The number of carbonyl (C=O) groups is 1. The van der Waals surface area contributed by atoms with Gasteiger partial charge in [0.15, 0.2) is 6.10 Å². The fraction of sp³-hybridized carbons (Fsp3) is 0.174. The first-order chi connectivity index (χ1) is 13.2. The summed E-state index contributed by atoms with van der Waals surface area (Å²) in [7, 11) is 1.47. The maximum atomic E-state index is 11.9. The van der Waals surface area contributed by atoms with Crippen LogP contribution in [0.25, 0.3) is 0 Å². The molecule has 0 heterocycles. The average Bonchev–Trinajstić information content (AvgIpc) is 2.73. The maximum absolute atomic E-state index is 11.9. The fourth-order valence-corrected chi connectivity index (χ4v) is 3.24. The van der Waals surface area contributed by atoms with Gasteiger partial charge in [0.05, 0.1) is 6.61 Å². The summed E-state index contributed by atoms with van der Waals surface area (Å²) < 4.78 is 11.5. The van der Waals surface area contributed by atoms with Gasteiger partial charge in [-0.2, -0.15) is 0 Å². The first-order valence-corrected chi connectivity index (χ1v) is 8.74. The molecule has 0 saturated carbocycles. The van der Waals surface area contributed by atoms with Crippen LogP contribution in [0.3, 0.4) is 0 Å². The molecule has 0 bridgehead atoms. The zero-order chi connectivity index (χ0) is 19.1. The van der Waals surface area contributed by atoms with Crippen LogP contribution < -0.4 is 0 Å². The molecular weight excluding hydrogens is 340 g/mol. The number of benzene rings is 3. The van der Waals surface area contributed by atoms with Crippen molar-refractivity contribution in [3.05, 3.63) is 108 Å². The molecule has 3 rings (SSSR count). The number of carboxylic acid groups (broad SMARTS) is 1. The Morgan fingerprint density at radius 1 is 0.815 bits per heavy atom. The predicted octanol–water partition coefficient (Wildman–Crippen LogP) is 4.09. The molecule has 4 nitrogen and oxygen atoms in total. The van der Waals surface area contributed by atoms with Gasteiger partial charge in [-0.1, -0.05) is 91.0 Å². The molecule has 0 spiro atoms. The van der Waals surface area contributed by atoms with E-state index in [-0.39, 0.29) is 6.61 Å². The van der Waals surface area contributed by atoms with Crippen molar-refractivity contribution in [1.29, 1.82) is 0 Å². The van der Waals surface area contributed by atoms with Gasteiger partial charge in [0.25, 0.3) is 0 Å². The quantitative estimate of drug-likeness (QED) is 0.613. The largest absolute Gasteiger partial charge is 0.479 e. The molecule has 3 aromatic rings. The van der Waals surface area contributed by atoms with E-state index in [0.717, 1.165) is 16.7 Å². The minimum Gasteiger partial charge on any atom is -0.479 e. The normalized spacial score (nSPS) is 12.5. The van der Waals surface area contributed by atoms with Crippen LogP contribution >= 0.6 is 0 Å². The van der Waals surface area contributed by atoms with Gasteiger partial charge < -0.3 is 14.6 Å². The molecule has 3 aromatic carbocycles. The van der Waals surface area contributed by atoms with E-state index in [4.69, 9.17) is 9.47 Å². The summed E-state index contributed by atoms with van der Waals surface area (Å²) in [4.78, 5) is 11.9. The number of hydrogen-bond donors (Lipinski definition) is 1. The van der Waals surface area contributed by atoms with Gasteiger partial charge in [-0.15, -0.1) is 0 Å². The van der Waals surface area contributed by atoms with Crippen molar-refractivity contribution in [2.45, 2.75) is 11.7 Å². The SMILES string of the molecule is COC[C@H](OC(c1ccccc1)(c1ccccc1)c1ccccc1)C(=O)O. The van der Waals surface area contributed by atoms with Crippen molar-refractivity contribution < 1.29 is 19.4 Å². The number of rotatable bonds is 8. The monoisotopic (exact) mass is 362 g/mol. The Hall–Kier alpha value is -2.95. The van der Waals surface area contributed by atoms with E-state index in [1.807, 2.05) is 91.0 Å². The van der Waals surface area contributed by atoms with Crippen molar-refractivity contribution >= 4 is 5.97 Å². The molecule has 0 amide bonds. The van der Waals surface area contributed by atoms with Crippen LogP contribution in [-0.4, -0.2) is 30.9 Å². The zero-order valence-electron chi connectivity index (χ0n) is 15.1. The zero-order valence-corrected chi connectivity index (χ0v) is 15.1. The van der Waals surface area contributed by atoms with E-state index in [1.54, 1.807) is 0 Å². The van der Waals surface area contributed by atoms with Crippen LogP contribution in [0.1, 0.15) is 16.7 Å². The lowest BCUT2D eigenvalue weighted by molar-refractivity contribution is -0.163. The van der Waals surface area contributed by atoms with Crippen molar-refractivity contribution in [3.63, 3.8) is 0 Å². The van der Waals surface area contributed by atoms with Gasteiger partial charge in [0.1, 0.15) is 5.60 Å². The maximum Gasteiger partial charge on any atom is 0.335 e. The molecule has 0 aliphatic rings. The predicted molar refractivity (Wildman–Crippen MR) is 104 cm³/mol. The third-order valence-corrected chi connectivity index (χ3v) is 4.45. The lowest BCUT2D eigenvalue weighted by Gasteiger charge is -2.37. The number of aliphatic carboxylic acids is 1. The Balaban J connectivity index is 2.27. The number of ether oxygens (including phenoxy) is 2. The number of carboxylic acids is 1. The highest BCUT2D eigenvalue weighted by Gasteiger charge is 2.41. The molecule has 0 aromatic heterocycles. The molecule has 4 heteroatoms. The van der Waals surface area contributed by atoms with E-state index in [9.17, 15) is 9.90 Å². The van der Waals surface area contributed by atoms with Gasteiger partial charge >= 0.3 is 5.97 Å². The Morgan fingerprint density at radius 2 is 1.19 bits per heavy atom. The fourth-order valence-electron chi connectivity index (χ4n) is 3.24. The molecular formula is C23H22O4. The summed E-state index contributed by atoms with van der Waals surface area (Å²) in [5, 5.41) is 9.70. The molecule has 27 heavy (non-hydrogen) atoms. The molecule has 138 valence electrons. The minimum absolute atomic E-state index is 0.0520. The molecule has 1 N–H and O–H groups in total. The lowest BCUT2D eigenvalue weighted by Crippen LogP contribution is -2.41. The third-order valence-electron chi connectivity index (χ3n) is 4.45. The Labute approximate surface area is 159 Å². The first kappa shape index (κ1) is 18.8. The van der Waals surface area contributed by atoms with Gasteiger partial charge in [-0.05, 0) is 16.7 Å². The van der Waals surface area contributed by atoms with Crippen molar-refractivity contribution in [1.82, 2.24) is 0 Å². The lowest BCUT2D eigenvalue weighted by atomic mass is 9.80.